The molecule has 2 atom stereocenters. The molecule has 0 N–H and O–H groups in total. The molecule has 2 unspecified atom stereocenters. The van der Waals surface area contributed by atoms with E-state index in [2.05, 4.69) is 31.0 Å². The van der Waals surface area contributed by atoms with E-state index >= 15 is 0 Å². The highest BCUT2D eigenvalue weighted by Gasteiger charge is 2.60. The zero-order chi connectivity index (χ0) is 18.9. The van der Waals surface area contributed by atoms with E-state index in [0.29, 0.717) is 11.7 Å². The minimum atomic E-state index is -4.47. The second-order valence-electron chi connectivity index (χ2n) is 8.09. The number of fused-ring (bicyclic) bond motifs is 5. The van der Waals surface area contributed by atoms with Crippen LogP contribution < -0.4 is 4.74 Å². The van der Waals surface area contributed by atoms with Gasteiger partial charge in [0.15, 0.2) is 0 Å². The van der Waals surface area contributed by atoms with Crippen molar-refractivity contribution < 1.29 is 17.9 Å². The first-order valence-electron chi connectivity index (χ1n) is 8.73. The van der Waals surface area contributed by atoms with Gasteiger partial charge >= 0.3 is 6.18 Å². The van der Waals surface area contributed by atoms with Crippen molar-refractivity contribution in [1.29, 1.82) is 0 Å². The average molecular weight is 362 g/mol. The van der Waals surface area contributed by atoms with Crippen LogP contribution in [0, 0.1) is 5.41 Å². The first-order chi connectivity index (χ1) is 12.1. The highest BCUT2D eigenvalue weighted by molar-refractivity contribution is 5.68. The standard InChI is InChI=1S/C20H21F3N2O/c1-18(2)14-7-8-19(18,3)17-13(14)10-16(24-25-17)12-9-11(26-4)5-6-15(12)20(21,22)23/h5-6,9-10,14H,7-8H2,1-4H3. The van der Waals surface area contributed by atoms with Gasteiger partial charge < -0.3 is 4.74 Å². The molecule has 1 aromatic carbocycles. The number of hydrogen-bond acceptors (Lipinski definition) is 3. The van der Waals surface area contributed by atoms with Crippen molar-refractivity contribution in [2.45, 2.75) is 51.1 Å². The Hall–Kier alpha value is -2.11. The number of benzene rings is 1. The van der Waals surface area contributed by atoms with Gasteiger partial charge in [-0.3, -0.25) is 0 Å². The number of ether oxygens (including phenoxy) is 1. The molecule has 26 heavy (non-hydrogen) atoms. The van der Waals surface area contributed by atoms with Gasteiger partial charge in [-0.25, -0.2) is 0 Å². The Labute approximate surface area is 150 Å². The van der Waals surface area contributed by atoms with Crippen LogP contribution >= 0.6 is 0 Å². The summed E-state index contributed by atoms with van der Waals surface area (Å²) < 4.78 is 45.6. The highest BCUT2D eigenvalue weighted by atomic mass is 19.4. The molecule has 2 aliphatic rings. The predicted octanol–water partition coefficient (Wildman–Crippen LogP) is 5.35. The lowest BCUT2D eigenvalue weighted by Crippen LogP contribution is -2.32. The molecule has 1 heterocycles. The van der Waals surface area contributed by atoms with Crippen LogP contribution in [-0.2, 0) is 11.6 Å². The summed E-state index contributed by atoms with van der Waals surface area (Å²) in [5.41, 5.74) is 1.49. The Balaban J connectivity index is 1.90. The maximum atomic E-state index is 13.5. The molecular formula is C20H21F3N2O. The SMILES string of the molecule is COc1ccc(C(F)(F)F)c(-c2cc3c(nn2)C2(C)CCC3C2(C)C)c1. The molecule has 138 valence electrons. The van der Waals surface area contributed by atoms with Gasteiger partial charge in [-0.15, -0.1) is 0 Å². The van der Waals surface area contributed by atoms with E-state index in [1.165, 1.54) is 19.2 Å². The number of methoxy groups -OCH3 is 1. The van der Waals surface area contributed by atoms with Gasteiger partial charge in [0, 0.05) is 11.0 Å². The van der Waals surface area contributed by atoms with Crippen LogP contribution in [0.5, 0.6) is 5.75 Å². The van der Waals surface area contributed by atoms with Crippen molar-refractivity contribution in [1.82, 2.24) is 10.2 Å². The highest BCUT2D eigenvalue weighted by Crippen LogP contribution is 2.67. The molecule has 3 nitrogen and oxygen atoms in total. The smallest absolute Gasteiger partial charge is 0.417 e. The van der Waals surface area contributed by atoms with E-state index in [-0.39, 0.29) is 22.1 Å². The second-order valence-corrected chi connectivity index (χ2v) is 8.09. The van der Waals surface area contributed by atoms with E-state index < -0.39 is 11.7 Å². The number of rotatable bonds is 2. The summed E-state index contributed by atoms with van der Waals surface area (Å²) in [5, 5.41) is 8.60. The van der Waals surface area contributed by atoms with Gasteiger partial charge in [0.25, 0.3) is 0 Å². The largest absolute Gasteiger partial charge is 0.497 e. The van der Waals surface area contributed by atoms with Gasteiger partial charge in [-0.1, -0.05) is 20.8 Å². The Morgan fingerprint density at radius 3 is 2.50 bits per heavy atom. The van der Waals surface area contributed by atoms with Gasteiger partial charge in [-0.05, 0) is 54.0 Å². The summed E-state index contributed by atoms with van der Waals surface area (Å²) in [6.07, 6.45) is -2.39. The molecule has 2 bridgehead atoms. The monoisotopic (exact) mass is 362 g/mol. The molecule has 2 aliphatic carbocycles. The maximum absolute atomic E-state index is 13.5. The van der Waals surface area contributed by atoms with Crippen LogP contribution in [0.25, 0.3) is 11.3 Å². The lowest BCUT2D eigenvalue weighted by molar-refractivity contribution is -0.137. The maximum Gasteiger partial charge on any atom is 0.417 e. The fourth-order valence-electron chi connectivity index (χ4n) is 4.81. The number of hydrogen-bond donors (Lipinski definition) is 0. The number of halogens is 3. The van der Waals surface area contributed by atoms with Gasteiger partial charge in [0.1, 0.15) is 5.75 Å². The lowest BCUT2D eigenvalue weighted by Gasteiger charge is -2.33. The van der Waals surface area contributed by atoms with Crippen LogP contribution in [0.15, 0.2) is 24.3 Å². The van der Waals surface area contributed by atoms with Crippen molar-refractivity contribution >= 4 is 0 Å². The third-order valence-corrected chi connectivity index (χ3v) is 6.76. The Bertz CT molecular complexity index is 891. The summed E-state index contributed by atoms with van der Waals surface area (Å²) in [5.74, 6) is 0.667. The van der Waals surface area contributed by atoms with Gasteiger partial charge in [-0.2, -0.15) is 23.4 Å². The summed E-state index contributed by atoms with van der Waals surface area (Å²) in [6, 6.07) is 5.56. The van der Waals surface area contributed by atoms with Gasteiger partial charge in [0.05, 0.1) is 24.1 Å². The zero-order valence-corrected chi connectivity index (χ0v) is 15.2. The van der Waals surface area contributed by atoms with Crippen LogP contribution in [0.2, 0.25) is 0 Å². The van der Waals surface area contributed by atoms with E-state index in [9.17, 15) is 13.2 Å². The fraction of sp³-hybridized carbons (Fsp3) is 0.500. The lowest BCUT2D eigenvalue weighted by atomic mass is 9.70. The summed E-state index contributed by atoms with van der Waals surface area (Å²) in [6.45, 7) is 6.64. The quantitative estimate of drug-likeness (QED) is 0.723. The molecule has 2 aromatic rings. The Morgan fingerprint density at radius 2 is 1.85 bits per heavy atom. The summed E-state index contributed by atoms with van der Waals surface area (Å²) in [7, 11) is 1.43. The first-order valence-corrected chi connectivity index (χ1v) is 8.73. The normalized spacial score (nSPS) is 26.0. The number of nitrogens with zero attached hydrogens (tertiary/aromatic N) is 2. The summed E-state index contributed by atoms with van der Waals surface area (Å²) in [4.78, 5) is 0. The molecule has 1 saturated carbocycles. The second kappa shape index (κ2) is 5.21. The van der Waals surface area contributed by atoms with Crippen molar-refractivity contribution in [3.8, 4) is 17.0 Å². The topological polar surface area (TPSA) is 35.0 Å². The van der Waals surface area contributed by atoms with E-state index in [1.54, 1.807) is 0 Å². The van der Waals surface area contributed by atoms with E-state index in [1.807, 2.05) is 6.07 Å². The Kier molecular flexibility index (Phi) is 3.47. The molecule has 4 rings (SSSR count). The van der Waals surface area contributed by atoms with Crippen molar-refractivity contribution in [2.24, 2.45) is 5.41 Å². The molecule has 1 fully saturated rings. The first kappa shape index (κ1) is 17.3. The molecule has 0 spiro atoms. The predicted molar refractivity (Wildman–Crippen MR) is 92.1 cm³/mol. The minimum Gasteiger partial charge on any atom is -0.497 e. The van der Waals surface area contributed by atoms with Crippen LogP contribution in [0.3, 0.4) is 0 Å². The summed E-state index contributed by atoms with van der Waals surface area (Å²) >= 11 is 0. The molecule has 0 aliphatic heterocycles. The van der Waals surface area contributed by atoms with Crippen LogP contribution in [-0.4, -0.2) is 17.3 Å². The van der Waals surface area contributed by atoms with Gasteiger partial charge in [0.2, 0.25) is 0 Å². The van der Waals surface area contributed by atoms with Crippen LogP contribution in [0.4, 0.5) is 13.2 Å². The molecule has 6 heteroatoms. The third-order valence-electron chi connectivity index (χ3n) is 6.76. The zero-order valence-electron chi connectivity index (χ0n) is 15.2. The molecule has 0 amide bonds. The fourth-order valence-corrected chi connectivity index (χ4v) is 4.81. The molecule has 0 saturated heterocycles. The van der Waals surface area contributed by atoms with Crippen molar-refractivity contribution in [3.05, 3.63) is 41.1 Å². The molecule has 1 aromatic heterocycles. The van der Waals surface area contributed by atoms with Crippen molar-refractivity contribution in [3.63, 3.8) is 0 Å². The third kappa shape index (κ3) is 2.14. The van der Waals surface area contributed by atoms with E-state index in [4.69, 9.17) is 4.74 Å². The van der Waals surface area contributed by atoms with Crippen LogP contribution in [0.1, 0.15) is 56.4 Å². The minimum absolute atomic E-state index is 0.0119. The number of aromatic nitrogens is 2. The average Bonchev–Trinajstić information content (AvgIpc) is 2.92. The van der Waals surface area contributed by atoms with Crippen molar-refractivity contribution in [2.75, 3.05) is 7.11 Å². The molecule has 0 radical (unpaired) electrons. The number of alkyl halides is 3. The Morgan fingerprint density at radius 1 is 1.12 bits per heavy atom. The molecular weight excluding hydrogens is 341 g/mol. The van der Waals surface area contributed by atoms with E-state index in [0.717, 1.165) is 30.2 Å².